The molecule has 0 spiro atoms. The van der Waals surface area contributed by atoms with Crippen molar-refractivity contribution in [1.29, 1.82) is 0 Å². The fourth-order valence-electron chi connectivity index (χ4n) is 3.62. The molecule has 0 aliphatic heterocycles. The zero-order valence-electron chi connectivity index (χ0n) is 17.2. The third kappa shape index (κ3) is 4.16. The van der Waals surface area contributed by atoms with E-state index in [0.717, 1.165) is 44.9 Å². The van der Waals surface area contributed by atoms with Crippen molar-refractivity contribution in [1.82, 2.24) is 24.9 Å². The van der Waals surface area contributed by atoms with Crippen LogP contribution in [0.5, 0.6) is 0 Å². The van der Waals surface area contributed by atoms with Gasteiger partial charge in [-0.2, -0.15) is 0 Å². The maximum atomic E-state index is 4.58. The van der Waals surface area contributed by atoms with Crippen molar-refractivity contribution in [3.63, 3.8) is 0 Å². The molecule has 0 saturated heterocycles. The number of H-pyrrole nitrogens is 1. The summed E-state index contributed by atoms with van der Waals surface area (Å²) in [6.45, 7) is 0. The summed E-state index contributed by atoms with van der Waals surface area (Å²) in [5.41, 5.74) is 7.65. The zero-order chi connectivity index (χ0) is 21.6. The van der Waals surface area contributed by atoms with Crippen molar-refractivity contribution in [2.24, 2.45) is 0 Å². The first-order valence-corrected chi connectivity index (χ1v) is 10.3. The lowest BCUT2D eigenvalue weighted by Crippen LogP contribution is -1.93. The zero-order valence-corrected chi connectivity index (χ0v) is 17.2. The van der Waals surface area contributed by atoms with E-state index >= 15 is 0 Å². The molecule has 5 aromatic rings. The SMILES string of the molecule is C(#Cc1c(-c2ccccn2)[nH]c(Cc2cccnc2)c1-c1cccnc1)c1cccnc1. The summed E-state index contributed by atoms with van der Waals surface area (Å²) in [4.78, 5) is 21.0. The van der Waals surface area contributed by atoms with Crippen LogP contribution in [0.3, 0.4) is 0 Å². The molecule has 0 aliphatic carbocycles. The second kappa shape index (κ2) is 9.07. The van der Waals surface area contributed by atoms with Crippen LogP contribution in [0.2, 0.25) is 0 Å². The van der Waals surface area contributed by atoms with Gasteiger partial charge in [-0.15, -0.1) is 0 Å². The van der Waals surface area contributed by atoms with Gasteiger partial charge in [0.25, 0.3) is 0 Å². The number of hydrogen-bond acceptors (Lipinski definition) is 4. The number of aromatic nitrogens is 5. The van der Waals surface area contributed by atoms with Crippen LogP contribution in [0, 0.1) is 11.8 Å². The molecule has 0 radical (unpaired) electrons. The van der Waals surface area contributed by atoms with Crippen LogP contribution < -0.4 is 0 Å². The molecule has 0 unspecified atom stereocenters. The molecular formula is C27H19N5. The summed E-state index contributed by atoms with van der Waals surface area (Å²) in [5.74, 6) is 6.66. The van der Waals surface area contributed by atoms with E-state index in [1.165, 1.54) is 0 Å². The molecule has 5 nitrogen and oxygen atoms in total. The monoisotopic (exact) mass is 413 g/mol. The molecule has 0 aromatic carbocycles. The second-order valence-corrected chi connectivity index (χ2v) is 7.21. The van der Waals surface area contributed by atoms with Crippen LogP contribution in [0.4, 0.5) is 0 Å². The van der Waals surface area contributed by atoms with Crippen molar-refractivity contribution >= 4 is 0 Å². The van der Waals surface area contributed by atoms with E-state index in [0.29, 0.717) is 6.42 Å². The maximum Gasteiger partial charge on any atom is 0.0877 e. The Kier molecular flexibility index (Phi) is 5.50. The van der Waals surface area contributed by atoms with Crippen molar-refractivity contribution in [3.8, 4) is 34.4 Å². The van der Waals surface area contributed by atoms with Gasteiger partial charge < -0.3 is 4.98 Å². The first-order chi connectivity index (χ1) is 15.9. The topological polar surface area (TPSA) is 67.3 Å². The number of rotatable bonds is 4. The fourth-order valence-corrected chi connectivity index (χ4v) is 3.62. The normalized spacial score (nSPS) is 10.4. The number of pyridine rings is 4. The number of nitrogens with one attached hydrogen (secondary N) is 1. The molecule has 0 bridgehead atoms. The molecule has 0 fully saturated rings. The lowest BCUT2D eigenvalue weighted by molar-refractivity contribution is 1.08. The van der Waals surface area contributed by atoms with Gasteiger partial charge in [0.05, 0.1) is 17.0 Å². The quantitative estimate of drug-likeness (QED) is 0.425. The van der Waals surface area contributed by atoms with E-state index < -0.39 is 0 Å². The lowest BCUT2D eigenvalue weighted by Gasteiger charge is -2.05. The Morgan fingerprint density at radius 3 is 2.22 bits per heavy atom. The average molecular weight is 413 g/mol. The standard InChI is InChI=1S/C27H19N5/c1-2-15-31-24(9-1)27-23(11-10-20-6-3-12-28-17-20)26(22-8-5-14-30-19-22)25(32-27)16-21-7-4-13-29-18-21/h1-9,12-15,17-19,32H,16H2. The molecule has 5 rings (SSSR count). The van der Waals surface area contributed by atoms with Gasteiger partial charge >= 0.3 is 0 Å². The van der Waals surface area contributed by atoms with E-state index in [9.17, 15) is 0 Å². The highest BCUT2D eigenvalue weighted by Crippen LogP contribution is 2.35. The van der Waals surface area contributed by atoms with Gasteiger partial charge in [0, 0.05) is 72.2 Å². The Labute approximate surface area is 186 Å². The van der Waals surface area contributed by atoms with Gasteiger partial charge in [0.2, 0.25) is 0 Å². The van der Waals surface area contributed by atoms with Gasteiger partial charge in [0.1, 0.15) is 0 Å². The molecule has 0 saturated carbocycles. The van der Waals surface area contributed by atoms with Crippen molar-refractivity contribution < 1.29 is 0 Å². The molecule has 5 heterocycles. The smallest absolute Gasteiger partial charge is 0.0877 e. The third-order valence-corrected chi connectivity index (χ3v) is 5.05. The predicted molar refractivity (Wildman–Crippen MR) is 125 cm³/mol. The van der Waals surface area contributed by atoms with Gasteiger partial charge in [-0.25, -0.2) is 0 Å². The van der Waals surface area contributed by atoms with Gasteiger partial charge in [0.15, 0.2) is 0 Å². The fraction of sp³-hybridized carbons (Fsp3) is 0.0370. The Morgan fingerprint density at radius 2 is 1.53 bits per heavy atom. The van der Waals surface area contributed by atoms with E-state index in [-0.39, 0.29) is 0 Å². The molecule has 0 aliphatic rings. The van der Waals surface area contributed by atoms with Crippen LogP contribution in [-0.4, -0.2) is 24.9 Å². The molecule has 152 valence electrons. The first kappa shape index (κ1) is 19.4. The first-order valence-electron chi connectivity index (χ1n) is 10.3. The van der Waals surface area contributed by atoms with Crippen LogP contribution in [0.1, 0.15) is 22.4 Å². The third-order valence-electron chi connectivity index (χ3n) is 5.05. The highest BCUT2D eigenvalue weighted by atomic mass is 14.8. The highest BCUT2D eigenvalue weighted by Gasteiger charge is 2.20. The van der Waals surface area contributed by atoms with Crippen LogP contribution >= 0.6 is 0 Å². The molecular weight excluding hydrogens is 394 g/mol. The Bertz CT molecular complexity index is 1370. The summed E-state index contributed by atoms with van der Waals surface area (Å²) in [6, 6.07) is 17.7. The van der Waals surface area contributed by atoms with Crippen LogP contribution in [0.15, 0.2) is 98.0 Å². The lowest BCUT2D eigenvalue weighted by atomic mass is 9.98. The molecule has 32 heavy (non-hydrogen) atoms. The maximum absolute atomic E-state index is 4.58. The van der Waals surface area contributed by atoms with Crippen LogP contribution in [0.25, 0.3) is 22.5 Å². The number of aromatic amines is 1. The Hall–Kier alpha value is -4.56. The molecule has 5 heteroatoms. The largest absolute Gasteiger partial charge is 0.355 e. The minimum atomic E-state index is 0.687. The average Bonchev–Trinajstić information content (AvgIpc) is 3.23. The summed E-state index contributed by atoms with van der Waals surface area (Å²) in [7, 11) is 0. The molecule has 0 amide bonds. The van der Waals surface area contributed by atoms with Gasteiger partial charge in [-0.05, 0) is 42.0 Å². The Morgan fingerprint density at radius 1 is 0.719 bits per heavy atom. The molecule has 1 N–H and O–H groups in total. The predicted octanol–water partition coefficient (Wildman–Crippen LogP) is 4.92. The van der Waals surface area contributed by atoms with E-state index in [4.69, 9.17) is 0 Å². The van der Waals surface area contributed by atoms with Crippen molar-refractivity contribution in [2.75, 3.05) is 0 Å². The van der Waals surface area contributed by atoms with Crippen molar-refractivity contribution in [2.45, 2.75) is 6.42 Å². The summed E-state index contributed by atoms with van der Waals surface area (Å²) < 4.78 is 0. The molecule has 0 atom stereocenters. The summed E-state index contributed by atoms with van der Waals surface area (Å²) in [5, 5.41) is 0. The molecule has 5 aromatic heterocycles. The van der Waals surface area contributed by atoms with Crippen LogP contribution in [-0.2, 0) is 6.42 Å². The van der Waals surface area contributed by atoms with E-state index in [1.807, 2.05) is 54.9 Å². The van der Waals surface area contributed by atoms with Gasteiger partial charge in [-0.3, -0.25) is 19.9 Å². The second-order valence-electron chi connectivity index (χ2n) is 7.21. The minimum Gasteiger partial charge on any atom is -0.355 e. The van der Waals surface area contributed by atoms with E-state index in [1.54, 1.807) is 31.0 Å². The van der Waals surface area contributed by atoms with E-state index in [2.05, 4.69) is 48.9 Å². The number of nitrogens with zero attached hydrogens (tertiary/aromatic N) is 4. The Balaban J connectivity index is 1.74. The van der Waals surface area contributed by atoms with Crippen molar-refractivity contribution in [3.05, 3.63) is 120 Å². The number of hydrogen-bond donors (Lipinski definition) is 1. The highest BCUT2D eigenvalue weighted by molar-refractivity contribution is 5.83. The summed E-state index contributed by atoms with van der Waals surface area (Å²) in [6.07, 6.45) is 13.3. The summed E-state index contributed by atoms with van der Waals surface area (Å²) >= 11 is 0. The minimum absolute atomic E-state index is 0.687. The van der Waals surface area contributed by atoms with Gasteiger partial charge in [-0.1, -0.05) is 30.0 Å².